The van der Waals surface area contributed by atoms with E-state index in [1.165, 1.54) is 0 Å². The maximum Gasteiger partial charge on any atom is 0.145 e. The van der Waals surface area contributed by atoms with Crippen LogP contribution in [0.15, 0.2) is 12.3 Å². The minimum Gasteiger partial charge on any atom is -0.393 e. The van der Waals surface area contributed by atoms with Crippen LogP contribution in [0.1, 0.15) is 26.2 Å². The Morgan fingerprint density at radius 1 is 1.44 bits per heavy atom. The van der Waals surface area contributed by atoms with Gasteiger partial charge >= 0.3 is 0 Å². The number of hydrogen-bond acceptors (Lipinski definition) is 4. The third-order valence-electron chi connectivity index (χ3n) is 3.84. The fourth-order valence-corrected chi connectivity index (χ4v) is 2.62. The Hall–Kier alpha value is -1.07. The number of aromatic nitrogens is 2. The molecule has 18 heavy (non-hydrogen) atoms. The summed E-state index contributed by atoms with van der Waals surface area (Å²) in [6, 6.07) is 1.83. The summed E-state index contributed by atoms with van der Waals surface area (Å²) in [6.45, 7) is 6.15. The molecule has 1 atom stereocenters. The Kier molecular flexibility index (Phi) is 4.60. The summed E-state index contributed by atoms with van der Waals surface area (Å²) < 4.78 is 1.90. The van der Waals surface area contributed by atoms with Gasteiger partial charge in [-0.3, -0.25) is 4.68 Å². The van der Waals surface area contributed by atoms with Crippen molar-refractivity contribution in [2.24, 2.45) is 5.92 Å². The topological polar surface area (TPSA) is 67.3 Å². The van der Waals surface area contributed by atoms with Crippen molar-refractivity contribution in [1.82, 2.24) is 14.7 Å². The molecule has 0 aromatic carbocycles. The molecular formula is C13H24N4O. The van der Waals surface area contributed by atoms with Crippen molar-refractivity contribution in [2.75, 3.05) is 25.4 Å². The van der Waals surface area contributed by atoms with Crippen LogP contribution in [0.3, 0.4) is 0 Å². The average molecular weight is 252 g/mol. The molecule has 2 heterocycles. The number of aliphatic hydroxyl groups is 1. The lowest BCUT2D eigenvalue weighted by molar-refractivity contribution is 0.0711. The highest BCUT2D eigenvalue weighted by Gasteiger charge is 2.21. The zero-order valence-electron chi connectivity index (χ0n) is 11.1. The number of nitrogen functional groups attached to an aromatic ring is 1. The van der Waals surface area contributed by atoms with Crippen molar-refractivity contribution >= 4 is 5.82 Å². The van der Waals surface area contributed by atoms with E-state index in [2.05, 4.69) is 10.00 Å². The van der Waals surface area contributed by atoms with Crippen LogP contribution in [-0.2, 0) is 6.54 Å². The van der Waals surface area contributed by atoms with Crippen LogP contribution in [-0.4, -0.2) is 45.5 Å². The molecule has 0 aliphatic carbocycles. The Labute approximate surface area is 109 Å². The number of piperidine rings is 1. The molecule has 0 saturated carbocycles. The Balaban J connectivity index is 1.63. The number of hydrogen-bond donors (Lipinski definition) is 2. The highest BCUT2D eigenvalue weighted by atomic mass is 16.3. The van der Waals surface area contributed by atoms with Gasteiger partial charge in [0.1, 0.15) is 5.82 Å². The number of nitrogens with zero attached hydrogens (tertiary/aromatic N) is 3. The van der Waals surface area contributed by atoms with Crippen LogP contribution in [0.4, 0.5) is 5.82 Å². The van der Waals surface area contributed by atoms with Crippen molar-refractivity contribution in [3.05, 3.63) is 12.3 Å². The third kappa shape index (κ3) is 3.71. The number of likely N-dealkylation sites (tertiary alicyclic amines) is 1. The summed E-state index contributed by atoms with van der Waals surface area (Å²) in [5, 5.41) is 13.7. The van der Waals surface area contributed by atoms with Gasteiger partial charge in [-0.25, -0.2) is 0 Å². The van der Waals surface area contributed by atoms with E-state index in [0.29, 0.717) is 11.7 Å². The van der Waals surface area contributed by atoms with E-state index >= 15 is 0 Å². The molecule has 1 aliphatic heterocycles. The SMILES string of the molecule is CC(O)C1CCN(CCCn2ccc(N)n2)CC1. The van der Waals surface area contributed by atoms with Crippen LogP contribution in [0.5, 0.6) is 0 Å². The summed E-state index contributed by atoms with van der Waals surface area (Å²) in [6.07, 6.45) is 5.10. The largest absolute Gasteiger partial charge is 0.393 e. The molecule has 5 nitrogen and oxygen atoms in total. The van der Waals surface area contributed by atoms with Gasteiger partial charge in [-0.2, -0.15) is 5.10 Å². The molecule has 1 aliphatic rings. The first-order valence-electron chi connectivity index (χ1n) is 6.84. The molecule has 1 aromatic rings. The van der Waals surface area contributed by atoms with Crippen LogP contribution < -0.4 is 5.73 Å². The standard InChI is InChI=1S/C13H24N4O/c1-11(18)12-3-8-16(9-4-12)6-2-7-17-10-5-13(14)15-17/h5,10-12,18H,2-4,6-9H2,1H3,(H2,14,15). The van der Waals surface area contributed by atoms with E-state index in [4.69, 9.17) is 5.73 Å². The van der Waals surface area contributed by atoms with Crippen molar-refractivity contribution in [1.29, 1.82) is 0 Å². The van der Waals surface area contributed by atoms with Gasteiger partial charge in [0.15, 0.2) is 0 Å². The fraction of sp³-hybridized carbons (Fsp3) is 0.769. The Morgan fingerprint density at radius 3 is 2.72 bits per heavy atom. The van der Waals surface area contributed by atoms with Crippen molar-refractivity contribution in [3.63, 3.8) is 0 Å². The molecule has 1 unspecified atom stereocenters. The lowest BCUT2D eigenvalue weighted by Gasteiger charge is -2.33. The maximum absolute atomic E-state index is 9.55. The first-order chi connectivity index (χ1) is 8.65. The normalized spacial score (nSPS) is 20.1. The zero-order valence-corrected chi connectivity index (χ0v) is 11.1. The quantitative estimate of drug-likeness (QED) is 0.818. The fourth-order valence-electron chi connectivity index (χ4n) is 2.62. The van der Waals surface area contributed by atoms with Gasteiger partial charge < -0.3 is 15.7 Å². The van der Waals surface area contributed by atoms with Gasteiger partial charge in [0.25, 0.3) is 0 Å². The van der Waals surface area contributed by atoms with E-state index < -0.39 is 0 Å². The molecule has 3 N–H and O–H groups in total. The van der Waals surface area contributed by atoms with E-state index in [1.54, 1.807) is 0 Å². The minimum atomic E-state index is -0.154. The summed E-state index contributed by atoms with van der Waals surface area (Å²) >= 11 is 0. The molecule has 5 heteroatoms. The van der Waals surface area contributed by atoms with E-state index in [0.717, 1.165) is 45.4 Å². The second kappa shape index (κ2) is 6.20. The van der Waals surface area contributed by atoms with E-state index in [1.807, 2.05) is 23.9 Å². The van der Waals surface area contributed by atoms with Crippen LogP contribution in [0.2, 0.25) is 0 Å². The zero-order chi connectivity index (χ0) is 13.0. The van der Waals surface area contributed by atoms with Crippen molar-refractivity contribution in [3.8, 4) is 0 Å². The number of rotatable bonds is 5. The van der Waals surface area contributed by atoms with Crippen molar-refractivity contribution in [2.45, 2.75) is 38.8 Å². The predicted molar refractivity (Wildman–Crippen MR) is 72.1 cm³/mol. The molecule has 1 aromatic heterocycles. The van der Waals surface area contributed by atoms with Crippen molar-refractivity contribution < 1.29 is 5.11 Å². The smallest absolute Gasteiger partial charge is 0.145 e. The average Bonchev–Trinajstić information content (AvgIpc) is 2.76. The lowest BCUT2D eigenvalue weighted by Crippen LogP contribution is -2.37. The summed E-state index contributed by atoms with van der Waals surface area (Å²) in [5.41, 5.74) is 5.57. The number of nitrogens with two attached hydrogens (primary N) is 1. The minimum absolute atomic E-state index is 0.154. The Morgan fingerprint density at radius 2 is 2.17 bits per heavy atom. The number of anilines is 1. The van der Waals surface area contributed by atoms with E-state index in [9.17, 15) is 5.11 Å². The van der Waals surface area contributed by atoms with Gasteiger partial charge in [-0.15, -0.1) is 0 Å². The summed E-state index contributed by atoms with van der Waals surface area (Å²) in [4.78, 5) is 2.48. The van der Waals surface area contributed by atoms with Crippen LogP contribution >= 0.6 is 0 Å². The molecule has 1 saturated heterocycles. The van der Waals surface area contributed by atoms with E-state index in [-0.39, 0.29) is 6.10 Å². The number of aryl methyl sites for hydroxylation is 1. The Bertz CT molecular complexity index is 356. The third-order valence-corrected chi connectivity index (χ3v) is 3.84. The molecule has 0 amide bonds. The molecule has 0 bridgehead atoms. The second-order valence-electron chi connectivity index (χ2n) is 5.28. The van der Waals surface area contributed by atoms with Gasteiger partial charge in [0.05, 0.1) is 6.10 Å². The molecule has 0 spiro atoms. The maximum atomic E-state index is 9.55. The second-order valence-corrected chi connectivity index (χ2v) is 5.28. The monoisotopic (exact) mass is 252 g/mol. The first-order valence-corrected chi connectivity index (χ1v) is 6.84. The van der Waals surface area contributed by atoms with Gasteiger partial charge in [-0.1, -0.05) is 0 Å². The summed E-state index contributed by atoms with van der Waals surface area (Å²) in [5.74, 6) is 1.08. The lowest BCUT2D eigenvalue weighted by atomic mass is 9.92. The summed E-state index contributed by atoms with van der Waals surface area (Å²) in [7, 11) is 0. The van der Waals surface area contributed by atoms with Gasteiger partial charge in [0, 0.05) is 12.7 Å². The molecule has 2 rings (SSSR count). The van der Waals surface area contributed by atoms with Gasteiger partial charge in [0.2, 0.25) is 0 Å². The van der Waals surface area contributed by atoms with Crippen LogP contribution in [0, 0.1) is 5.92 Å². The predicted octanol–water partition coefficient (Wildman–Crippen LogP) is 0.948. The molecule has 102 valence electrons. The highest BCUT2D eigenvalue weighted by molar-refractivity contribution is 5.23. The highest BCUT2D eigenvalue weighted by Crippen LogP contribution is 2.20. The van der Waals surface area contributed by atoms with Crippen LogP contribution in [0.25, 0.3) is 0 Å². The molecule has 0 radical (unpaired) electrons. The first kappa shape index (κ1) is 13.4. The van der Waals surface area contributed by atoms with Gasteiger partial charge in [-0.05, 0) is 57.8 Å². The number of aliphatic hydroxyl groups excluding tert-OH is 1. The molecular weight excluding hydrogens is 228 g/mol. The molecule has 1 fully saturated rings.